The van der Waals surface area contributed by atoms with Gasteiger partial charge in [0.2, 0.25) is 0 Å². The summed E-state index contributed by atoms with van der Waals surface area (Å²) < 4.78 is 0. The number of hydrogen-bond donors (Lipinski definition) is 2. The fraction of sp³-hybridized carbons (Fsp3) is 0.538. The number of nitrogens with zero attached hydrogens (tertiary/aromatic N) is 1. The average molecular weight is 251 g/mol. The Morgan fingerprint density at radius 1 is 1.39 bits per heavy atom. The third-order valence-electron chi connectivity index (χ3n) is 3.56. The van der Waals surface area contributed by atoms with E-state index in [0.717, 1.165) is 18.5 Å². The first kappa shape index (κ1) is 14.4. The maximum absolute atomic E-state index is 10.9. The van der Waals surface area contributed by atoms with Crippen molar-refractivity contribution in [1.29, 1.82) is 0 Å². The highest BCUT2D eigenvalue weighted by molar-refractivity contribution is 5.56. The zero-order valence-electron chi connectivity index (χ0n) is 11.2. The van der Waals surface area contributed by atoms with Gasteiger partial charge in [-0.15, -0.1) is 0 Å². The number of aryl methyl sites for hydroxylation is 1. The monoisotopic (exact) mass is 251 g/mol. The number of hydrogen-bond acceptors (Lipinski definition) is 4. The topological polar surface area (TPSA) is 81.2 Å². The van der Waals surface area contributed by atoms with Crippen LogP contribution in [0.2, 0.25) is 0 Å². The third kappa shape index (κ3) is 2.98. The van der Waals surface area contributed by atoms with E-state index < -0.39 is 0 Å². The lowest BCUT2D eigenvalue weighted by molar-refractivity contribution is -0.385. The highest BCUT2D eigenvalue weighted by Crippen LogP contribution is 2.26. The van der Waals surface area contributed by atoms with Crippen molar-refractivity contribution in [2.24, 2.45) is 5.73 Å². The van der Waals surface area contributed by atoms with E-state index in [9.17, 15) is 10.1 Å². The van der Waals surface area contributed by atoms with Crippen LogP contribution in [0.1, 0.15) is 32.3 Å². The molecule has 3 N–H and O–H groups in total. The Hall–Kier alpha value is -1.62. The minimum Gasteiger partial charge on any atom is -0.378 e. The van der Waals surface area contributed by atoms with Crippen molar-refractivity contribution in [1.82, 2.24) is 0 Å². The molecule has 1 aromatic carbocycles. The summed E-state index contributed by atoms with van der Waals surface area (Å²) in [5, 5.41) is 14.2. The molecule has 18 heavy (non-hydrogen) atoms. The van der Waals surface area contributed by atoms with Crippen molar-refractivity contribution < 1.29 is 4.92 Å². The Morgan fingerprint density at radius 3 is 2.44 bits per heavy atom. The number of nitrogens with two attached hydrogens (primary N) is 1. The van der Waals surface area contributed by atoms with Gasteiger partial charge in [0.15, 0.2) is 0 Å². The first-order valence-corrected chi connectivity index (χ1v) is 6.21. The number of nitrogens with one attached hydrogen (secondary N) is 1. The van der Waals surface area contributed by atoms with Crippen molar-refractivity contribution in [3.63, 3.8) is 0 Å². The lowest BCUT2D eigenvalue weighted by Crippen LogP contribution is -2.44. The van der Waals surface area contributed by atoms with Gasteiger partial charge in [0.25, 0.3) is 5.69 Å². The molecule has 0 atom stereocenters. The Kier molecular flexibility index (Phi) is 4.67. The van der Waals surface area contributed by atoms with E-state index in [1.165, 1.54) is 0 Å². The maximum Gasteiger partial charge on any atom is 0.274 e. The van der Waals surface area contributed by atoms with E-state index >= 15 is 0 Å². The molecule has 0 aliphatic rings. The second kappa shape index (κ2) is 5.82. The van der Waals surface area contributed by atoms with E-state index in [1.54, 1.807) is 19.1 Å². The molecule has 5 nitrogen and oxygen atoms in total. The second-order valence-electron chi connectivity index (χ2n) is 4.57. The quantitative estimate of drug-likeness (QED) is 0.601. The summed E-state index contributed by atoms with van der Waals surface area (Å²) in [4.78, 5) is 10.5. The molecule has 0 saturated carbocycles. The molecule has 0 fully saturated rings. The van der Waals surface area contributed by atoms with Gasteiger partial charge in [0, 0.05) is 29.4 Å². The van der Waals surface area contributed by atoms with E-state index in [2.05, 4.69) is 19.2 Å². The summed E-state index contributed by atoms with van der Waals surface area (Å²) >= 11 is 0. The van der Waals surface area contributed by atoms with E-state index in [4.69, 9.17) is 5.73 Å². The van der Waals surface area contributed by atoms with E-state index in [0.29, 0.717) is 12.1 Å². The van der Waals surface area contributed by atoms with Crippen LogP contribution < -0.4 is 11.1 Å². The van der Waals surface area contributed by atoms with E-state index in [-0.39, 0.29) is 16.1 Å². The number of anilines is 1. The van der Waals surface area contributed by atoms with Gasteiger partial charge >= 0.3 is 0 Å². The predicted octanol–water partition coefficient (Wildman–Crippen LogP) is 2.83. The van der Waals surface area contributed by atoms with Gasteiger partial charge in [0.1, 0.15) is 0 Å². The number of rotatable bonds is 6. The minimum atomic E-state index is -0.359. The fourth-order valence-corrected chi connectivity index (χ4v) is 1.96. The molecule has 0 spiro atoms. The molecule has 1 aromatic rings. The van der Waals surface area contributed by atoms with Crippen molar-refractivity contribution in [2.45, 2.75) is 39.2 Å². The summed E-state index contributed by atoms with van der Waals surface area (Å²) in [6, 6.07) is 5.19. The predicted molar refractivity (Wildman–Crippen MR) is 73.8 cm³/mol. The van der Waals surface area contributed by atoms with Crippen LogP contribution >= 0.6 is 0 Å². The van der Waals surface area contributed by atoms with Gasteiger partial charge in [0.05, 0.1) is 4.92 Å². The molecule has 1 rings (SSSR count). The van der Waals surface area contributed by atoms with Crippen LogP contribution in [0.25, 0.3) is 0 Å². The summed E-state index contributed by atoms with van der Waals surface area (Å²) in [5.74, 6) is 0. The molecule has 5 heteroatoms. The van der Waals surface area contributed by atoms with Crippen LogP contribution in [0.15, 0.2) is 18.2 Å². The molecule has 0 unspecified atom stereocenters. The van der Waals surface area contributed by atoms with Crippen LogP contribution in [-0.2, 0) is 0 Å². The summed E-state index contributed by atoms with van der Waals surface area (Å²) in [6.07, 6.45) is 1.75. The van der Waals surface area contributed by atoms with Crippen molar-refractivity contribution >= 4 is 11.4 Å². The molecule has 0 radical (unpaired) electrons. The van der Waals surface area contributed by atoms with Gasteiger partial charge in [-0.3, -0.25) is 10.1 Å². The van der Waals surface area contributed by atoms with Crippen molar-refractivity contribution in [2.75, 3.05) is 11.9 Å². The first-order valence-electron chi connectivity index (χ1n) is 6.21. The van der Waals surface area contributed by atoms with Gasteiger partial charge in [-0.1, -0.05) is 19.9 Å². The van der Waals surface area contributed by atoms with E-state index in [1.807, 2.05) is 6.07 Å². The number of nitro groups is 1. The molecule has 0 amide bonds. The molecular weight excluding hydrogens is 230 g/mol. The minimum absolute atomic E-state index is 0.137. The lowest BCUT2D eigenvalue weighted by atomic mass is 9.92. The van der Waals surface area contributed by atoms with Crippen LogP contribution in [0.5, 0.6) is 0 Å². The zero-order chi connectivity index (χ0) is 13.8. The number of benzene rings is 1. The highest BCUT2D eigenvalue weighted by Gasteiger charge is 2.24. The molecule has 100 valence electrons. The van der Waals surface area contributed by atoms with Crippen molar-refractivity contribution in [3.05, 3.63) is 33.9 Å². The van der Waals surface area contributed by atoms with Gasteiger partial charge in [-0.05, 0) is 25.8 Å². The molecule has 0 saturated heterocycles. The Labute approximate surface area is 108 Å². The summed E-state index contributed by atoms with van der Waals surface area (Å²) in [7, 11) is 0. The normalized spacial score (nSPS) is 11.3. The fourth-order valence-electron chi connectivity index (χ4n) is 1.96. The molecular formula is C13H21N3O2. The molecule has 0 aliphatic heterocycles. The van der Waals surface area contributed by atoms with Gasteiger partial charge in [-0.25, -0.2) is 0 Å². The molecule has 0 aliphatic carbocycles. The molecule has 0 heterocycles. The van der Waals surface area contributed by atoms with Crippen LogP contribution in [0.4, 0.5) is 11.4 Å². The summed E-state index contributed by atoms with van der Waals surface area (Å²) in [6.45, 7) is 6.36. The van der Waals surface area contributed by atoms with Gasteiger partial charge in [-0.2, -0.15) is 0 Å². The Morgan fingerprint density at radius 2 is 2.00 bits per heavy atom. The molecule has 0 bridgehead atoms. The van der Waals surface area contributed by atoms with Crippen LogP contribution in [0, 0.1) is 17.0 Å². The van der Waals surface area contributed by atoms with Gasteiger partial charge < -0.3 is 11.1 Å². The second-order valence-corrected chi connectivity index (χ2v) is 4.57. The van der Waals surface area contributed by atoms with Crippen LogP contribution in [-0.4, -0.2) is 17.0 Å². The number of nitro benzene ring substituents is 1. The Bertz CT molecular complexity index is 420. The average Bonchev–Trinajstić information content (AvgIpc) is 2.38. The summed E-state index contributed by atoms with van der Waals surface area (Å²) in [5.41, 5.74) is 7.17. The Balaban J connectivity index is 3.04. The highest BCUT2D eigenvalue weighted by atomic mass is 16.6. The third-order valence-corrected chi connectivity index (χ3v) is 3.56. The zero-order valence-corrected chi connectivity index (χ0v) is 11.2. The maximum atomic E-state index is 10.9. The molecule has 0 aromatic heterocycles. The SMILES string of the molecule is CCC(CC)(CN)Nc1ccc(C)c([N+](=O)[O-])c1. The largest absolute Gasteiger partial charge is 0.378 e. The van der Waals surface area contributed by atoms with Crippen LogP contribution in [0.3, 0.4) is 0 Å². The van der Waals surface area contributed by atoms with Crippen molar-refractivity contribution in [3.8, 4) is 0 Å². The smallest absolute Gasteiger partial charge is 0.274 e. The standard InChI is InChI=1S/C13H21N3O2/c1-4-13(5-2,9-14)15-11-7-6-10(3)12(8-11)16(17)18/h6-8,15H,4-5,9,14H2,1-3H3. The first-order chi connectivity index (χ1) is 8.48. The lowest BCUT2D eigenvalue weighted by Gasteiger charge is -2.32.